The van der Waals surface area contributed by atoms with E-state index in [1.807, 2.05) is 0 Å². The number of rotatable bonds is 5. The zero-order chi connectivity index (χ0) is 27.7. The van der Waals surface area contributed by atoms with Gasteiger partial charge in [-0.15, -0.1) is 0 Å². The second kappa shape index (κ2) is 18.9. The Bertz CT molecular complexity index is 1270. The van der Waals surface area contributed by atoms with Gasteiger partial charge in [0, 0.05) is 12.4 Å². The molecule has 0 aromatic carbocycles. The number of nitrogens with zero attached hydrogens (tertiary/aromatic N) is 6. The molecule has 12 nitrogen and oxygen atoms in total. The predicted molar refractivity (Wildman–Crippen MR) is 131 cm³/mol. The SMILES string of the molecule is N#C[S-].N#C[S-].N#C[S-].O=C(O)c1ccnc(-c2cc(C(=O)O)cc(-c3cc(C(=O)O)ccn3)n2)c1.[Ru+3]. The van der Waals surface area contributed by atoms with E-state index in [1.54, 1.807) is 0 Å². The first-order valence-corrected chi connectivity index (χ1v) is 10.0. The van der Waals surface area contributed by atoms with Crippen LogP contribution in [0.5, 0.6) is 0 Å². The summed E-state index contributed by atoms with van der Waals surface area (Å²) in [6, 6.07) is 7.63. The van der Waals surface area contributed by atoms with E-state index in [-0.39, 0.29) is 58.9 Å². The van der Waals surface area contributed by atoms with Gasteiger partial charge in [-0.3, -0.25) is 9.97 Å². The third-order valence-electron chi connectivity index (χ3n) is 3.61. The average Bonchev–Trinajstić information content (AvgIpc) is 2.85. The van der Waals surface area contributed by atoms with Crippen molar-refractivity contribution in [2.45, 2.75) is 0 Å². The zero-order valence-corrected chi connectivity index (χ0v) is 22.1. The van der Waals surface area contributed by atoms with Crippen molar-refractivity contribution in [3.8, 4) is 39.0 Å². The van der Waals surface area contributed by atoms with Crippen LogP contribution in [0.25, 0.3) is 22.8 Å². The van der Waals surface area contributed by atoms with E-state index in [0.29, 0.717) is 0 Å². The number of carboxylic acid groups (broad SMARTS) is 3. The van der Waals surface area contributed by atoms with E-state index in [1.165, 1.54) is 65.0 Å². The normalized spacial score (nSPS) is 8.14. The molecule has 3 N–H and O–H groups in total. The molecule has 0 aliphatic rings. The van der Waals surface area contributed by atoms with Crippen molar-refractivity contribution in [3.05, 3.63) is 65.5 Å². The summed E-state index contributed by atoms with van der Waals surface area (Å²) < 4.78 is 0. The molecule has 3 aromatic heterocycles. The van der Waals surface area contributed by atoms with Crippen LogP contribution < -0.4 is 0 Å². The Balaban J connectivity index is 0. The minimum absolute atomic E-state index is 0. The molecule has 37 heavy (non-hydrogen) atoms. The Morgan fingerprint density at radius 1 is 0.622 bits per heavy atom. The molecule has 16 heteroatoms. The molecule has 0 saturated heterocycles. The van der Waals surface area contributed by atoms with Crippen LogP contribution in [0.1, 0.15) is 31.1 Å². The first kappa shape index (κ1) is 34.8. The van der Waals surface area contributed by atoms with Gasteiger partial charge in [0.05, 0.1) is 39.5 Å². The van der Waals surface area contributed by atoms with Crippen LogP contribution in [0.4, 0.5) is 0 Å². The number of aromatic carboxylic acids is 3. The third-order valence-corrected chi connectivity index (χ3v) is 3.61. The van der Waals surface area contributed by atoms with Gasteiger partial charge in [-0.05, 0) is 36.4 Å². The molecule has 0 atom stereocenters. The van der Waals surface area contributed by atoms with Gasteiger partial charge in [-0.1, -0.05) is 16.2 Å². The molecule has 0 aliphatic carbocycles. The van der Waals surface area contributed by atoms with Gasteiger partial charge in [0.2, 0.25) is 0 Å². The maximum Gasteiger partial charge on any atom is 3.00 e. The quantitative estimate of drug-likeness (QED) is 0.207. The van der Waals surface area contributed by atoms with Gasteiger partial charge in [0.15, 0.2) is 0 Å². The second-order valence-electron chi connectivity index (χ2n) is 5.68. The fourth-order valence-corrected chi connectivity index (χ4v) is 2.32. The smallest absolute Gasteiger partial charge is 0.696 e. The van der Waals surface area contributed by atoms with E-state index in [0.717, 1.165) is 0 Å². The summed E-state index contributed by atoms with van der Waals surface area (Å²) in [4.78, 5) is 46.1. The average molecular weight is 641 g/mol. The molecule has 0 bridgehead atoms. The van der Waals surface area contributed by atoms with Gasteiger partial charge in [-0.2, -0.15) is 0 Å². The molecule has 0 unspecified atom stereocenters. The van der Waals surface area contributed by atoms with Crippen molar-refractivity contribution in [1.29, 1.82) is 15.8 Å². The molecule has 3 rings (SSSR count). The van der Waals surface area contributed by atoms with Crippen molar-refractivity contribution >= 4 is 55.8 Å². The number of carbonyl (C=O) groups is 3. The number of hydrogen-bond acceptors (Lipinski definition) is 12. The molecular formula is C21H11N6O6RuS3. The van der Waals surface area contributed by atoms with Crippen molar-refractivity contribution in [1.82, 2.24) is 15.0 Å². The predicted octanol–water partition coefficient (Wildman–Crippen LogP) is 2.34. The monoisotopic (exact) mass is 641 g/mol. The molecule has 0 spiro atoms. The number of aromatic nitrogens is 3. The van der Waals surface area contributed by atoms with Crippen molar-refractivity contribution in [2.24, 2.45) is 0 Å². The standard InChI is InChI=1S/C18H11N3O6.3CHNS.Ru/c22-16(23)9-1-3-19-12(5-9)14-7-11(18(26)27)8-15(21-14)13-6-10(17(24)25)2-4-20-13;3*2-1-3;/h1-8H,(H,22,23)(H,24,25)(H,26,27);3*3H;/q;;;;+3/p-3. The summed E-state index contributed by atoms with van der Waals surface area (Å²) in [6.07, 6.45) is 2.55. The number of hydrogen-bond donors (Lipinski definition) is 3. The summed E-state index contributed by atoms with van der Waals surface area (Å²) >= 11 is 11.1. The molecule has 3 aromatic rings. The molecule has 0 aliphatic heterocycles. The Morgan fingerprint density at radius 2 is 0.892 bits per heavy atom. The Hall–Kier alpha value is -4.39. The summed E-state index contributed by atoms with van der Waals surface area (Å²) in [6.45, 7) is 0. The molecular weight excluding hydrogens is 630 g/mol. The molecule has 3 heterocycles. The maximum absolute atomic E-state index is 11.5. The number of thiocyanates is 3. The molecule has 0 fully saturated rings. The molecule has 187 valence electrons. The minimum atomic E-state index is -1.23. The Kier molecular flexibility index (Phi) is 17.7. The van der Waals surface area contributed by atoms with E-state index in [4.69, 9.17) is 26.0 Å². The number of carboxylic acids is 3. The van der Waals surface area contributed by atoms with Crippen LogP contribution >= 0.6 is 0 Å². The summed E-state index contributed by atoms with van der Waals surface area (Å²) in [5, 5.41) is 53.0. The maximum atomic E-state index is 11.5. The third kappa shape index (κ3) is 12.2. The van der Waals surface area contributed by atoms with Gasteiger partial charge < -0.3 is 53.2 Å². The summed E-state index contributed by atoms with van der Waals surface area (Å²) in [5.74, 6) is -3.56. The first-order chi connectivity index (χ1) is 17.1. The van der Waals surface area contributed by atoms with E-state index >= 15 is 0 Å². The van der Waals surface area contributed by atoms with Crippen LogP contribution in [0.2, 0.25) is 0 Å². The van der Waals surface area contributed by atoms with Crippen LogP contribution in [0.15, 0.2) is 48.8 Å². The second-order valence-corrected chi connectivity index (χ2v) is 6.22. The fourth-order valence-electron chi connectivity index (χ4n) is 2.32. The van der Waals surface area contributed by atoms with Crippen molar-refractivity contribution < 1.29 is 49.2 Å². The van der Waals surface area contributed by atoms with Crippen LogP contribution in [0.3, 0.4) is 0 Å². The Morgan fingerprint density at radius 3 is 1.16 bits per heavy atom. The van der Waals surface area contributed by atoms with Gasteiger partial charge in [0.25, 0.3) is 0 Å². The van der Waals surface area contributed by atoms with Crippen LogP contribution in [-0.2, 0) is 57.4 Å². The van der Waals surface area contributed by atoms with Gasteiger partial charge >= 0.3 is 37.4 Å². The van der Waals surface area contributed by atoms with E-state index < -0.39 is 17.9 Å². The largest absolute Gasteiger partial charge is 3.00 e. The topological polar surface area (TPSA) is 222 Å². The summed E-state index contributed by atoms with van der Waals surface area (Å²) in [7, 11) is 0. The van der Waals surface area contributed by atoms with Gasteiger partial charge in [0.1, 0.15) is 0 Å². The van der Waals surface area contributed by atoms with Crippen LogP contribution in [0, 0.1) is 32.0 Å². The van der Waals surface area contributed by atoms with E-state index in [2.05, 4.69) is 52.8 Å². The molecule has 1 radical (unpaired) electrons. The van der Waals surface area contributed by atoms with Crippen LogP contribution in [-0.4, -0.2) is 48.2 Å². The molecule has 0 saturated carbocycles. The van der Waals surface area contributed by atoms with E-state index in [9.17, 15) is 19.5 Å². The first-order valence-electron chi connectivity index (χ1n) is 8.78. The number of nitriles is 3. The van der Waals surface area contributed by atoms with Crippen molar-refractivity contribution in [3.63, 3.8) is 0 Å². The zero-order valence-electron chi connectivity index (χ0n) is 17.9. The van der Waals surface area contributed by atoms with Crippen molar-refractivity contribution in [2.75, 3.05) is 0 Å². The fraction of sp³-hybridized carbons (Fsp3) is 0. The summed E-state index contributed by atoms with van der Waals surface area (Å²) in [5.41, 5.74) is 0.374. The Labute approximate surface area is 239 Å². The van der Waals surface area contributed by atoms with Gasteiger partial charge in [-0.25, -0.2) is 35.2 Å². The molecule has 0 amide bonds. The minimum Gasteiger partial charge on any atom is -0.696 e. The number of pyridine rings is 3.